The summed E-state index contributed by atoms with van der Waals surface area (Å²) < 4.78 is 5.06. The lowest BCUT2D eigenvalue weighted by Crippen LogP contribution is -2.00. The summed E-state index contributed by atoms with van der Waals surface area (Å²) in [5.41, 5.74) is 1.12. The van der Waals surface area contributed by atoms with E-state index >= 15 is 0 Å². The molecule has 0 radical (unpaired) electrons. The lowest BCUT2D eigenvalue weighted by atomic mass is 10.0. The first-order valence-electron chi connectivity index (χ1n) is 4.76. The van der Waals surface area contributed by atoms with Gasteiger partial charge in [-0.2, -0.15) is 0 Å². The minimum atomic E-state index is 0.694. The summed E-state index contributed by atoms with van der Waals surface area (Å²) in [7, 11) is 1.65. The van der Waals surface area contributed by atoms with Crippen LogP contribution in [0, 0.1) is 5.92 Å². The Kier molecular flexibility index (Phi) is 3.74. The van der Waals surface area contributed by atoms with Crippen LogP contribution in [0.2, 0.25) is 0 Å². The van der Waals surface area contributed by atoms with Gasteiger partial charge < -0.3 is 4.74 Å². The van der Waals surface area contributed by atoms with Crippen molar-refractivity contribution in [2.75, 3.05) is 7.11 Å². The predicted molar refractivity (Wildman–Crippen MR) is 53.9 cm³/mol. The zero-order valence-electron chi connectivity index (χ0n) is 8.58. The number of pyridine rings is 1. The molecule has 1 aromatic rings. The predicted octanol–water partition coefficient (Wildman–Crippen LogP) is 2.68. The molecule has 2 nitrogen and oxygen atoms in total. The Hall–Kier alpha value is -1.05. The van der Waals surface area contributed by atoms with E-state index in [0.717, 1.165) is 12.1 Å². The Morgan fingerprint density at radius 1 is 1.46 bits per heavy atom. The smallest absolute Gasteiger partial charge is 0.213 e. The standard InChI is InChI=1S/C11H17NO/c1-4-9(2)8-10-6-5-7-11(12-10)13-3/h5-7,9H,4,8H2,1-3H3. The van der Waals surface area contributed by atoms with Gasteiger partial charge in [-0.3, -0.25) is 0 Å². The third-order valence-corrected chi connectivity index (χ3v) is 2.24. The van der Waals surface area contributed by atoms with Crippen molar-refractivity contribution < 1.29 is 4.74 Å². The Bertz CT molecular complexity index is 260. The quantitative estimate of drug-likeness (QED) is 0.709. The first-order chi connectivity index (χ1) is 6.26. The van der Waals surface area contributed by atoms with Crippen molar-refractivity contribution in [1.29, 1.82) is 0 Å². The van der Waals surface area contributed by atoms with E-state index in [-0.39, 0.29) is 0 Å². The van der Waals surface area contributed by atoms with Crippen LogP contribution in [0.4, 0.5) is 0 Å². The van der Waals surface area contributed by atoms with Crippen LogP contribution in [0.15, 0.2) is 18.2 Å². The van der Waals surface area contributed by atoms with E-state index in [0.29, 0.717) is 11.8 Å². The Morgan fingerprint density at radius 3 is 2.85 bits per heavy atom. The first kappa shape index (κ1) is 10.0. The van der Waals surface area contributed by atoms with Gasteiger partial charge in [0.25, 0.3) is 0 Å². The molecule has 0 spiro atoms. The summed E-state index contributed by atoms with van der Waals surface area (Å²) in [5.74, 6) is 1.40. The maximum Gasteiger partial charge on any atom is 0.213 e. The summed E-state index contributed by atoms with van der Waals surface area (Å²) in [5, 5.41) is 0. The van der Waals surface area contributed by atoms with Gasteiger partial charge in [-0.15, -0.1) is 0 Å². The normalized spacial score (nSPS) is 12.5. The SMILES string of the molecule is CCC(C)Cc1cccc(OC)n1. The number of ether oxygens (including phenoxy) is 1. The van der Waals surface area contributed by atoms with Gasteiger partial charge in [-0.1, -0.05) is 26.3 Å². The summed E-state index contributed by atoms with van der Waals surface area (Å²) in [6.07, 6.45) is 2.23. The molecule has 0 fully saturated rings. The van der Waals surface area contributed by atoms with Crippen molar-refractivity contribution in [3.8, 4) is 5.88 Å². The van der Waals surface area contributed by atoms with Gasteiger partial charge in [-0.05, 0) is 18.4 Å². The van der Waals surface area contributed by atoms with Crippen LogP contribution in [0.25, 0.3) is 0 Å². The van der Waals surface area contributed by atoms with E-state index < -0.39 is 0 Å². The molecule has 1 rings (SSSR count). The van der Waals surface area contributed by atoms with Crippen LogP contribution >= 0.6 is 0 Å². The number of methoxy groups -OCH3 is 1. The average molecular weight is 179 g/mol. The lowest BCUT2D eigenvalue weighted by molar-refractivity contribution is 0.395. The zero-order valence-corrected chi connectivity index (χ0v) is 8.58. The molecule has 0 aromatic carbocycles. The molecule has 72 valence electrons. The average Bonchev–Trinajstić information content (AvgIpc) is 2.18. The Labute approximate surface area is 80.0 Å². The van der Waals surface area contributed by atoms with Crippen molar-refractivity contribution in [3.63, 3.8) is 0 Å². The molecule has 1 unspecified atom stereocenters. The van der Waals surface area contributed by atoms with E-state index in [1.165, 1.54) is 6.42 Å². The van der Waals surface area contributed by atoms with Gasteiger partial charge >= 0.3 is 0 Å². The second-order valence-electron chi connectivity index (χ2n) is 3.39. The molecule has 0 N–H and O–H groups in total. The van der Waals surface area contributed by atoms with E-state index in [9.17, 15) is 0 Å². The highest BCUT2D eigenvalue weighted by molar-refractivity contribution is 5.15. The molecule has 1 heterocycles. The van der Waals surface area contributed by atoms with Crippen molar-refractivity contribution in [3.05, 3.63) is 23.9 Å². The van der Waals surface area contributed by atoms with Crippen molar-refractivity contribution >= 4 is 0 Å². The molecule has 0 amide bonds. The molecule has 2 heteroatoms. The van der Waals surface area contributed by atoms with Gasteiger partial charge in [0.05, 0.1) is 7.11 Å². The highest BCUT2D eigenvalue weighted by Crippen LogP contribution is 2.12. The third-order valence-electron chi connectivity index (χ3n) is 2.24. The molecule has 0 aliphatic carbocycles. The van der Waals surface area contributed by atoms with Crippen LogP contribution < -0.4 is 4.74 Å². The molecule has 0 aliphatic rings. The zero-order chi connectivity index (χ0) is 9.68. The van der Waals surface area contributed by atoms with Crippen LogP contribution in [-0.4, -0.2) is 12.1 Å². The van der Waals surface area contributed by atoms with Crippen molar-refractivity contribution in [1.82, 2.24) is 4.98 Å². The fraction of sp³-hybridized carbons (Fsp3) is 0.545. The summed E-state index contributed by atoms with van der Waals surface area (Å²) in [4.78, 5) is 4.36. The second-order valence-corrected chi connectivity index (χ2v) is 3.39. The van der Waals surface area contributed by atoms with Crippen LogP contribution in [0.5, 0.6) is 5.88 Å². The molecule has 0 saturated heterocycles. The summed E-state index contributed by atoms with van der Waals surface area (Å²) in [6.45, 7) is 4.44. The van der Waals surface area contributed by atoms with Crippen molar-refractivity contribution in [2.24, 2.45) is 5.92 Å². The summed E-state index contributed by atoms with van der Waals surface area (Å²) >= 11 is 0. The van der Waals surface area contributed by atoms with Gasteiger partial charge in [0.15, 0.2) is 0 Å². The fourth-order valence-electron chi connectivity index (χ4n) is 1.19. The Balaban J connectivity index is 2.66. The molecule has 0 saturated carbocycles. The van der Waals surface area contributed by atoms with Crippen LogP contribution in [-0.2, 0) is 6.42 Å². The maximum atomic E-state index is 5.06. The maximum absolute atomic E-state index is 5.06. The molecular formula is C11H17NO. The number of aromatic nitrogens is 1. The van der Waals surface area contributed by atoms with Crippen molar-refractivity contribution in [2.45, 2.75) is 26.7 Å². The Morgan fingerprint density at radius 2 is 2.23 bits per heavy atom. The first-order valence-corrected chi connectivity index (χ1v) is 4.76. The molecule has 0 bridgehead atoms. The van der Waals surface area contributed by atoms with Gasteiger partial charge in [0.1, 0.15) is 0 Å². The van der Waals surface area contributed by atoms with Gasteiger partial charge in [0.2, 0.25) is 5.88 Å². The van der Waals surface area contributed by atoms with Gasteiger partial charge in [0, 0.05) is 11.8 Å². The molecule has 1 aromatic heterocycles. The highest BCUT2D eigenvalue weighted by atomic mass is 16.5. The topological polar surface area (TPSA) is 22.1 Å². The number of hydrogen-bond acceptors (Lipinski definition) is 2. The number of rotatable bonds is 4. The summed E-state index contributed by atoms with van der Waals surface area (Å²) in [6, 6.07) is 5.92. The largest absolute Gasteiger partial charge is 0.481 e. The van der Waals surface area contributed by atoms with Crippen LogP contribution in [0.3, 0.4) is 0 Å². The van der Waals surface area contributed by atoms with E-state index in [2.05, 4.69) is 24.9 Å². The number of hydrogen-bond donors (Lipinski definition) is 0. The fourth-order valence-corrected chi connectivity index (χ4v) is 1.19. The third kappa shape index (κ3) is 3.05. The molecule has 0 aliphatic heterocycles. The van der Waals surface area contributed by atoms with E-state index in [4.69, 9.17) is 4.74 Å². The minimum Gasteiger partial charge on any atom is -0.481 e. The second kappa shape index (κ2) is 4.85. The molecule has 13 heavy (non-hydrogen) atoms. The van der Waals surface area contributed by atoms with Gasteiger partial charge in [-0.25, -0.2) is 4.98 Å². The number of nitrogens with zero attached hydrogens (tertiary/aromatic N) is 1. The van der Waals surface area contributed by atoms with Crippen LogP contribution in [0.1, 0.15) is 26.0 Å². The lowest BCUT2D eigenvalue weighted by Gasteiger charge is -2.08. The molecular weight excluding hydrogens is 162 g/mol. The highest BCUT2D eigenvalue weighted by Gasteiger charge is 2.02. The minimum absolute atomic E-state index is 0.694. The van der Waals surface area contributed by atoms with E-state index in [1.54, 1.807) is 7.11 Å². The molecule has 1 atom stereocenters. The van der Waals surface area contributed by atoms with E-state index in [1.807, 2.05) is 12.1 Å². The monoisotopic (exact) mass is 179 g/mol.